The molecule has 0 amide bonds. The average molecular weight is 369 g/mol. The second-order valence-corrected chi connectivity index (χ2v) is 5.95. The minimum Gasteiger partial charge on any atom is -0.469 e. The Labute approximate surface area is 152 Å². The van der Waals surface area contributed by atoms with Crippen LogP contribution in [0.5, 0.6) is 0 Å². The molecule has 0 aliphatic rings. The topological polar surface area (TPSA) is 100 Å². The number of benzene rings is 1. The van der Waals surface area contributed by atoms with Crippen LogP contribution in [0.25, 0.3) is 22.6 Å². The quantitative estimate of drug-likeness (QED) is 0.493. The second kappa shape index (κ2) is 6.71. The van der Waals surface area contributed by atoms with Gasteiger partial charge in [-0.3, -0.25) is 4.79 Å². The first kappa shape index (κ1) is 17.0. The molecule has 0 atom stereocenters. The van der Waals surface area contributed by atoms with Gasteiger partial charge in [0.2, 0.25) is 0 Å². The highest BCUT2D eigenvalue weighted by atomic mass is 19.1. The van der Waals surface area contributed by atoms with Crippen molar-refractivity contribution in [3.63, 3.8) is 0 Å². The van der Waals surface area contributed by atoms with Crippen molar-refractivity contribution in [1.29, 1.82) is 0 Å². The van der Waals surface area contributed by atoms with Gasteiger partial charge in [-0.2, -0.15) is 14.6 Å². The molecule has 0 aliphatic carbocycles. The van der Waals surface area contributed by atoms with Gasteiger partial charge in [0.25, 0.3) is 5.78 Å². The fourth-order valence-corrected chi connectivity index (χ4v) is 2.80. The third kappa shape index (κ3) is 2.98. The minimum atomic E-state index is -0.451. The van der Waals surface area contributed by atoms with E-state index in [1.54, 1.807) is 21.3 Å². The molecule has 0 radical (unpaired) electrons. The van der Waals surface area contributed by atoms with Crippen LogP contribution in [0.1, 0.15) is 24.9 Å². The van der Waals surface area contributed by atoms with Crippen LogP contribution in [0, 0.1) is 5.82 Å². The number of hydrogen-bond donors (Lipinski definition) is 0. The van der Waals surface area contributed by atoms with E-state index in [2.05, 4.69) is 25.4 Å². The zero-order chi connectivity index (χ0) is 19.0. The van der Waals surface area contributed by atoms with E-state index < -0.39 is 5.97 Å². The van der Waals surface area contributed by atoms with Crippen LogP contribution in [0.2, 0.25) is 0 Å². The number of fused-ring (bicyclic) bond motifs is 3. The average Bonchev–Trinajstić information content (AvgIpc) is 3.23. The van der Waals surface area contributed by atoms with E-state index >= 15 is 0 Å². The summed E-state index contributed by atoms with van der Waals surface area (Å²) >= 11 is 0. The summed E-state index contributed by atoms with van der Waals surface area (Å²) in [6, 6.07) is 5.83. The summed E-state index contributed by atoms with van der Waals surface area (Å²) in [6.45, 7) is 2.03. The lowest BCUT2D eigenvalue weighted by atomic mass is 10.3. The van der Waals surface area contributed by atoms with Crippen LogP contribution in [0.15, 0.2) is 24.3 Å². The molecule has 9 nitrogen and oxygen atoms in total. The molecule has 0 spiro atoms. The highest BCUT2D eigenvalue weighted by Gasteiger charge is 2.21. The van der Waals surface area contributed by atoms with Gasteiger partial charge in [-0.25, -0.2) is 9.07 Å². The number of ether oxygens (including phenoxy) is 1. The number of nitrogens with zero attached hydrogens (tertiary/aromatic N) is 7. The SMILES string of the molecule is CCCc1nc2nnc3c(CC(=O)OC)nn(-c4ccc(F)cc4)c3n2n1. The molecule has 1 aromatic carbocycles. The standard InChI is InChI=1S/C17H16FN7O2/c1-3-4-13-19-17-21-20-15-12(9-14(26)27-2)22-24(16(15)25(17)23-13)11-7-5-10(18)6-8-11/h5-8H,3-4,9H2,1-2H3. The Kier molecular flexibility index (Phi) is 4.22. The Balaban J connectivity index is 1.99. The molecule has 10 heteroatoms. The summed E-state index contributed by atoms with van der Waals surface area (Å²) < 4.78 is 21.2. The Morgan fingerprint density at radius 1 is 1.19 bits per heavy atom. The second-order valence-electron chi connectivity index (χ2n) is 5.95. The molecule has 3 aromatic heterocycles. The first-order valence-corrected chi connectivity index (χ1v) is 8.43. The summed E-state index contributed by atoms with van der Waals surface area (Å²) in [6.07, 6.45) is 1.51. The van der Waals surface area contributed by atoms with Crippen molar-refractivity contribution in [2.45, 2.75) is 26.2 Å². The maximum atomic E-state index is 13.3. The molecular formula is C17H16FN7O2. The molecule has 3 heterocycles. The van der Waals surface area contributed by atoms with Crippen LogP contribution < -0.4 is 0 Å². The molecule has 138 valence electrons. The van der Waals surface area contributed by atoms with Crippen molar-refractivity contribution in [3.05, 3.63) is 41.6 Å². The molecule has 0 saturated carbocycles. The number of halogens is 1. The molecule has 0 unspecified atom stereocenters. The molecule has 0 aliphatic heterocycles. The number of carbonyl (C=O) groups is 1. The first-order valence-electron chi connectivity index (χ1n) is 8.43. The van der Waals surface area contributed by atoms with E-state index in [1.165, 1.54) is 19.2 Å². The van der Waals surface area contributed by atoms with Gasteiger partial charge < -0.3 is 4.74 Å². The lowest BCUT2D eigenvalue weighted by Crippen LogP contribution is -2.06. The summed E-state index contributed by atoms with van der Waals surface area (Å²) in [7, 11) is 1.31. The van der Waals surface area contributed by atoms with Crippen molar-refractivity contribution >= 4 is 22.9 Å². The predicted octanol–water partition coefficient (Wildman–Crippen LogP) is 1.67. The summed E-state index contributed by atoms with van der Waals surface area (Å²) in [5.41, 5.74) is 1.90. The molecule has 4 aromatic rings. The largest absolute Gasteiger partial charge is 0.469 e. The Hall–Kier alpha value is -3.43. The van der Waals surface area contributed by atoms with E-state index in [-0.39, 0.29) is 12.2 Å². The van der Waals surface area contributed by atoms with Crippen LogP contribution in [-0.2, 0) is 22.4 Å². The zero-order valence-corrected chi connectivity index (χ0v) is 14.8. The van der Waals surface area contributed by atoms with Crippen molar-refractivity contribution in [2.75, 3.05) is 7.11 Å². The number of esters is 1. The first-order chi connectivity index (χ1) is 13.1. The highest BCUT2D eigenvalue weighted by molar-refractivity contribution is 5.82. The highest BCUT2D eigenvalue weighted by Crippen LogP contribution is 2.21. The molecular weight excluding hydrogens is 353 g/mol. The van der Waals surface area contributed by atoms with E-state index in [9.17, 15) is 9.18 Å². The van der Waals surface area contributed by atoms with E-state index in [0.717, 1.165) is 6.42 Å². The number of rotatable bonds is 5. The lowest BCUT2D eigenvalue weighted by Gasteiger charge is -2.03. The third-order valence-corrected chi connectivity index (χ3v) is 4.06. The van der Waals surface area contributed by atoms with Crippen molar-refractivity contribution < 1.29 is 13.9 Å². The van der Waals surface area contributed by atoms with E-state index in [0.29, 0.717) is 40.6 Å². The van der Waals surface area contributed by atoms with Gasteiger partial charge in [0.15, 0.2) is 17.0 Å². The van der Waals surface area contributed by atoms with Crippen molar-refractivity contribution in [2.24, 2.45) is 0 Å². The maximum absolute atomic E-state index is 13.3. The minimum absolute atomic E-state index is 0.0715. The summed E-state index contributed by atoms with van der Waals surface area (Å²) in [4.78, 5) is 16.1. The van der Waals surface area contributed by atoms with Crippen molar-refractivity contribution in [1.82, 2.24) is 34.6 Å². The van der Waals surface area contributed by atoms with E-state index in [4.69, 9.17) is 4.74 Å². The van der Waals surface area contributed by atoms with Crippen LogP contribution in [0.4, 0.5) is 4.39 Å². The normalized spacial score (nSPS) is 11.4. The van der Waals surface area contributed by atoms with Crippen molar-refractivity contribution in [3.8, 4) is 5.69 Å². The summed E-state index contributed by atoms with van der Waals surface area (Å²) in [5.74, 6) is 0.160. The van der Waals surface area contributed by atoms with Crippen LogP contribution in [0.3, 0.4) is 0 Å². The lowest BCUT2D eigenvalue weighted by molar-refractivity contribution is -0.139. The van der Waals surface area contributed by atoms with Gasteiger partial charge in [-0.15, -0.1) is 15.3 Å². The van der Waals surface area contributed by atoms with E-state index in [1.807, 2.05) is 6.92 Å². The van der Waals surface area contributed by atoms with Gasteiger partial charge in [0, 0.05) is 6.42 Å². The molecule has 0 N–H and O–H groups in total. The fraction of sp³-hybridized carbons (Fsp3) is 0.294. The zero-order valence-electron chi connectivity index (χ0n) is 14.8. The van der Waals surface area contributed by atoms with Gasteiger partial charge in [-0.05, 0) is 30.7 Å². The number of aromatic nitrogens is 7. The van der Waals surface area contributed by atoms with Crippen LogP contribution in [-0.4, -0.2) is 47.7 Å². The Morgan fingerprint density at radius 2 is 1.96 bits per heavy atom. The molecule has 0 bridgehead atoms. The summed E-state index contributed by atoms with van der Waals surface area (Å²) in [5, 5.41) is 17.3. The molecule has 4 rings (SSSR count). The number of methoxy groups -OCH3 is 1. The Morgan fingerprint density at radius 3 is 2.67 bits per heavy atom. The molecule has 27 heavy (non-hydrogen) atoms. The van der Waals surface area contributed by atoms with Gasteiger partial charge in [0.1, 0.15) is 11.5 Å². The number of hydrogen-bond acceptors (Lipinski definition) is 7. The fourth-order valence-electron chi connectivity index (χ4n) is 2.80. The van der Waals surface area contributed by atoms with Gasteiger partial charge in [0.05, 0.1) is 19.2 Å². The Bertz CT molecular complexity index is 1130. The smallest absolute Gasteiger partial charge is 0.311 e. The number of carbonyl (C=O) groups excluding carboxylic acids is 1. The predicted molar refractivity (Wildman–Crippen MR) is 92.9 cm³/mol. The monoisotopic (exact) mass is 369 g/mol. The number of aryl methyl sites for hydroxylation is 1. The maximum Gasteiger partial charge on any atom is 0.311 e. The molecule has 0 saturated heterocycles. The molecule has 0 fully saturated rings. The van der Waals surface area contributed by atoms with Gasteiger partial charge >= 0.3 is 5.97 Å². The van der Waals surface area contributed by atoms with Gasteiger partial charge in [-0.1, -0.05) is 6.92 Å². The third-order valence-electron chi connectivity index (χ3n) is 4.06. The van der Waals surface area contributed by atoms with Crippen LogP contribution >= 0.6 is 0 Å².